The maximum absolute atomic E-state index is 13.1. The summed E-state index contributed by atoms with van der Waals surface area (Å²) in [5.41, 5.74) is 0. The van der Waals surface area contributed by atoms with Gasteiger partial charge in [0.2, 0.25) is 5.91 Å². The summed E-state index contributed by atoms with van der Waals surface area (Å²) in [5, 5.41) is 0. The van der Waals surface area contributed by atoms with Gasteiger partial charge < -0.3 is 29.2 Å². The third kappa shape index (κ3) is 4.44. The highest BCUT2D eigenvalue weighted by Crippen LogP contribution is 2.22. The van der Waals surface area contributed by atoms with E-state index >= 15 is 0 Å². The number of guanidine groups is 1. The van der Waals surface area contributed by atoms with Crippen molar-refractivity contribution >= 4 is 11.9 Å². The van der Waals surface area contributed by atoms with Gasteiger partial charge in [-0.05, 0) is 53.0 Å². The van der Waals surface area contributed by atoms with Crippen molar-refractivity contribution in [2.24, 2.45) is 10.9 Å². The van der Waals surface area contributed by atoms with E-state index in [0.29, 0.717) is 19.1 Å². The number of likely N-dealkylation sites (N-methyl/N-ethyl adjacent to an activating group) is 1. The van der Waals surface area contributed by atoms with E-state index < -0.39 is 0 Å². The Labute approximate surface area is 169 Å². The number of piperidine rings is 1. The number of amides is 1. The zero-order valence-electron chi connectivity index (χ0n) is 17.6. The highest BCUT2D eigenvalue weighted by Gasteiger charge is 2.36. The molecule has 1 unspecified atom stereocenters. The van der Waals surface area contributed by atoms with Gasteiger partial charge in [0, 0.05) is 38.6 Å². The Bertz CT molecular complexity index is 577. The van der Waals surface area contributed by atoms with Crippen molar-refractivity contribution in [1.29, 1.82) is 0 Å². The molecule has 0 radical (unpaired) electrons. The van der Waals surface area contributed by atoms with Crippen LogP contribution in [0.2, 0.25) is 0 Å². The molecule has 8 nitrogen and oxygen atoms in total. The van der Waals surface area contributed by atoms with Gasteiger partial charge in [0.15, 0.2) is 5.96 Å². The first kappa shape index (κ1) is 19.9. The van der Waals surface area contributed by atoms with Crippen LogP contribution in [0, 0.1) is 5.92 Å². The average Bonchev–Trinajstić information content (AvgIpc) is 3.10. The molecule has 0 bridgehead atoms. The number of aliphatic imine (C=N–C) groups is 1. The van der Waals surface area contributed by atoms with E-state index in [2.05, 4.69) is 38.6 Å². The molecule has 0 saturated carbocycles. The van der Waals surface area contributed by atoms with E-state index in [0.717, 1.165) is 84.1 Å². The van der Waals surface area contributed by atoms with Crippen molar-refractivity contribution in [3.05, 3.63) is 0 Å². The molecule has 0 aromatic heterocycles. The minimum Gasteiger partial charge on any atom is -0.355 e. The van der Waals surface area contributed by atoms with Crippen LogP contribution in [0.15, 0.2) is 4.99 Å². The number of hydrogen-bond donors (Lipinski definition) is 0. The number of morpholine rings is 1. The topological polar surface area (TPSA) is 54.9 Å². The van der Waals surface area contributed by atoms with E-state index in [9.17, 15) is 4.79 Å². The molecule has 158 valence electrons. The number of hydrogen-bond acceptors (Lipinski definition) is 7. The monoisotopic (exact) mass is 392 g/mol. The molecule has 0 aromatic rings. The second-order valence-corrected chi connectivity index (χ2v) is 8.71. The minimum absolute atomic E-state index is 0.0637. The van der Waals surface area contributed by atoms with Gasteiger partial charge in [-0.3, -0.25) is 9.79 Å². The maximum Gasteiger partial charge on any atom is 0.226 e. The minimum atomic E-state index is -0.0637. The fourth-order valence-electron chi connectivity index (χ4n) is 4.78. The first-order valence-electron chi connectivity index (χ1n) is 11.0. The third-order valence-corrected chi connectivity index (χ3v) is 6.63. The Kier molecular flexibility index (Phi) is 6.38. The third-order valence-electron chi connectivity index (χ3n) is 6.63. The Morgan fingerprint density at radius 3 is 2.57 bits per heavy atom. The molecule has 1 atom stereocenters. The van der Waals surface area contributed by atoms with Crippen LogP contribution in [0.25, 0.3) is 0 Å². The van der Waals surface area contributed by atoms with Crippen LogP contribution in [0.1, 0.15) is 19.3 Å². The molecule has 28 heavy (non-hydrogen) atoms. The van der Waals surface area contributed by atoms with Crippen molar-refractivity contribution in [3.8, 4) is 0 Å². The van der Waals surface area contributed by atoms with Crippen molar-refractivity contribution < 1.29 is 9.53 Å². The predicted octanol–water partition coefficient (Wildman–Crippen LogP) is -0.178. The van der Waals surface area contributed by atoms with E-state index in [1.54, 1.807) is 0 Å². The smallest absolute Gasteiger partial charge is 0.226 e. The molecular weight excluding hydrogens is 356 g/mol. The number of carbonyl (C=O) groups is 1. The van der Waals surface area contributed by atoms with Crippen LogP contribution >= 0.6 is 0 Å². The highest BCUT2D eigenvalue weighted by atomic mass is 16.5. The molecule has 1 amide bonds. The number of likely N-dealkylation sites (tertiary alicyclic amines) is 1. The van der Waals surface area contributed by atoms with Crippen LogP contribution in [-0.4, -0.2) is 129 Å². The van der Waals surface area contributed by atoms with E-state index in [1.807, 2.05) is 0 Å². The first-order chi connectivity index (χ1) is 13.6. The molecule has 4 aliphatic rings. The van der Waals surface area contributed by atoms with Gasteiger partial charge in [0.1, 0.15) is 6.23 Å². The SMILES string of the molecule is CN1CCC(C(=O)N2CCOC(N3CCN=C3N3CCCN(C)CC3)C2)CC1. The maximum atomic E-state index is 13.1. The van der Waals surface area contributed by atoms with Crippen molar-refractivity contribution in [2.75, 3.05) is 86.1 Å². The van der Waals surface area contributed by atoms with Crippen LogP contribution in [0.3, 0.4) is 0 Å². The lowest BCUT2D eigenvalue weighted by Gasteiger charge is -2.42. The zero-order chi connectivity index (χ0) is 19.5. The van der Waals surface area contributed by atoms with E-state index in [4.69, 9.17) is 9.73 Å². The fourth-order valence-corrected chi connectivity index (χ4v) is 4.78. The number of carbonyl (C=O) groups excluding carboxylic acids is 1. The van der Waals surface area contributed by atoms with Gasteiger partial charge in [-0.15, -0.1) is 0 Å². The molecule has 0 aliphatic carbocycles. The summed E-state index contributed by atoms with van der Waals surface area (Å²) >= 11 is 0. The quantitative estimate of drug-likeness (QED) is 0.650. The summed E-state index contributed by atoms with van der Waals surface area (Å²) in [4.78, 5) is 29.4. The standard InChI is InChI=1S/C20H36N6O2/c1-22-7-3-8-24(13-12-22)20-21-6-11-26(20)18-16-25(14-15-28-18)19(27)17-4-9-23(2)10-5-17/h17-18H,3-16H2,1-2H3. The zero-order valence-corrected chi connectivity index (χ0v) is 17.6. The summed E-state index contributed by atoms with van der Waals surface area (Å²) < 4.78 is 6.13. The molecule has 0 spiro atoms. The lowest BCUT2D eigenvalue weighted by molar-refractivity contribution is -0.150. The van der Waals surface area contributed by atoms with Gasteiger partial charge in [0.05, 0.1) is 19.7 Å². The molecule has 0 N–H and O–H groups in total. The van der Waals surface area contributed by atoms with Crippen molar-refractivity contribution in [3.63, 3.8) is 0 Å². The highest BCUT2D eigenvalue weighted by molar-refractivity contribution is 5.82. The van der Waals surface area contributed by atoms with Gasteiger partial charge in [0.25, 0.3) is 0 Å². The Morgan fingerprint density at radius 2 is 1.75 bits per heavy atom. The fraction of sp³-hybridized carbons (Fsp3) is 0.900. The number of ether oxygens (including phenoxy) is 1. The average molecular weight is 393 g/mol. The lowest BCUT2D eigenvalue weighted by Crippen LogP contribution is -2.57. The summed E-state index contributed by atoms with van der Waals surface area (Å²) in [6.07, 6.45) is 3.06. The molecule has 3 saturated heterocycles. The Balaban J connectivity index is 1.37. The molecule has 4 aliphatic heterocycles. The van der Waals surface area contributed by atoms with E-state index in [1.165, 1.54) is 0 Å². The number of nitrogens with zero attached hydrogens (tertiary/aromatic N) is 6. The van der Waals surface area contributed by atoms with Crippen LogP contribution in [0.4, 0.5) is 0 Å². The van der Waals surface area contributed by atoms with Crippen LogP contribution < -0.4 is 0 Å². The number of rotatable bonds is 2. The Morgan fingerprint density at radius 1 is 0.964 bits per heavy atom. The van der Waals surface area contributed by atoms with Crippen LogP contribution in [0.5, 0.6) is 0 Å². The van der Waals surface area contributed by atoms with Gasteiger partial charge in [-0.1, -0.05) is 0 Å². The molecule has 0 aromatic carbocycles. The van der Waals surface area contributed by atoms with Crippen molar-refractivity contribution in [1.82, 2.24) is 24.5 Å². The predicted molar refractivity (Wildman–Crippen MR) is 109 cm³/mol. The van der Waals surface area contributed by atoms with E-state index in [-0.39, 0.29) is 12.1 Å². The molecular formula is C20H36N6O2. The van der Waals surface area contributed by atoms with Gasteiger partial charge >= 0.3 is 0 Å². The normalized spacial score (nSPS) is 29.1. The molecule has 4 rings (SSSR count). The molecule has 3 fully saturated rings. The summed E-state index contributed by atoms with van der Waals surface area (Å²) in [6, 6.07) is 0. The molecule has 4 heterocycles. The second-order valence-electron chi connectivity index (χ2n) is 8.71. The molecule has 8 heteroatoms. The Hall–Kier alpha value is -1.38. The lowest BCUT2D eigenvalue weighted by atomic mass is 9.95. The van der Waals surface area contributed by atoms with Gasteiger partial charge in [-0.25, -0.2) is 0 Å². The van der Waals surface area contributed by atoms with Crippen LogP contribution in [-0.2, 0) is 9.53 Å². The largest absolute Gasteiger partial charge is 0.355 e. The summed E-state index contributed by atoms with van der Waals surface area (Å²) in [6.45, 7) is 10.0. The summed E-state index contributed by atoms with van der Waals surface area (Å²) in [7, 11) is 4.33. The first-order valence-corrected chi connectivity index (χ1v) is 11.0. The second kappa shape index (κ2) is 8.97. The summed E-state index contributed by atoms with van der Waals surface area (Å²) in [5.74, 6) is 1.59. The van der Waals surface area contributed by atoms with Gasteiger partial charge in [-0.2, -0.15) is 0 Å². The van der Waals surface area contributed by atoms with Crippen molar-refractivity contribution in [2.45, 2.75) is 25.5 Å².